The summed E-state index contributed by atoms with van der Waals surface area (Å²) in [5.74, 6) is 0. The van der Waals surface area contributed by atoms with Crippen molar-refractivity contribution in [1.29, 1.82) is 0 Å². The summed E-state index contributed by atoms with van der Waals surface area (Å²) in [7, 11) is 0. The molecule has 1 aromatic rings. The number of aromatic nitrogens is 2. The maximum absolute atomic E-state index is 11.6. The molecule has 0 radical (unpaired) electrons. The quantitative estimate of drug-likeness (QED) is 0.554. The van der Waals surface area contributed by atoms with E-state index in [-0.39, 0.29) is 6.42 Å². The minimum atomic E-state index is -0.974. The second-order valence-electron chi connectivity index (χ2n) is 3.48. The molecule has 3 atom stereocenters. The first-order valence-electron chi connectivity index (χ1n) is 5.72. The fourth-order valence-corrected chi connectivity index (χ4v) is 1.59. The number of ether oxygens (including phenoxy) is 1. The van der Waals surface area contributed by atoms with Crippen LogP contribution in [0.4, 0.5) is 0 Å². The summed E-state index contributed by atoms with van der Waals surface area (Å²) in [6.07, 6.45) is -3.37. The van der Waals surface area contributed by atoms with E-state index in [0.29, 0.717) is 0 Å². The Morgan fingerprint density at radius 1 is 1.69 bits per heavy atom. The number of aromatic amines is 1. The van der Waals surface area contributed by atoms with Crippen molar-refractivity contribution in [3.8, 4) is 0 Å². The predicted octanol–water partition coefficient (Wildman–Crippen LogP) is -1.82. The molecule has 2 heterocycles. The van der Waals surface area contributed by atoms with E-state index in [1.807, 2.05) is 4.98 Å². The van der Waals surface area contributed by atoms with Gasteiger partial charge in [0.1, 0.15) is 12.3 Å². The third-order valence-electron chi connectivity index (χ3n) is 2.40. The van der Waals surface area contributed by atoms with Gasteiger partial charge in [0.05, 0.1) is 15.5 Å². The highest BCUT2D eigenvalue weighted by atomic mass is 16.5. The van der Waals surface area contributed by atoms with Crippen LogP contribution >= 0.6 is 0 Å². The number of nitrogens with zero attached hydrogens (tertiary/aromatic N) is 1. The zero-order valence-electron chi connectivity index (χ0n) is 10.2. The van der Waals surface area contributed by atoms with Crippen LogP contribution in [0, 0.1) is 0 Å². The number of rotatable bonds is 2. The maximum atomic E-state index is 11.6. The third kappa shape index (κ3) is 1.92. The molecule has 2 rings (SSSR count). The fraction of sp³-hybridized carbons (Fsp3) is 0.556. The normalized spacial score (nSPS) is 31.2. The average molecular weight is 230 g/mol. The minimum absolute atomic E-state index is 0.00248. The molecule has 1 aliphatic heterocycles. The van der Waals surface area contributed by atoms with E-state index in [1.54, 1.807) is 0 Å². The topological polar surface area (TPSA) is 105 Å². The molecule has 0 saturated carbocycles. The van der Waals surface area contributed by atoms with E-state index in [0.717, 1.165) is 4.57 Å². The molecule has 0 bridgehead atoms. The zero-order valence-corrected chi connectivity index (χ0v) is 8.21. The van der Waals surface area contributed by atoms with Gasteiger partial charge < -0.3 is 14.9 Å². The molecule has 1 aliphatic rings. The summed E-state index contributed by atoms with van der Waals surface area (Å²) in [6.45, 7) is -0.420. The standard InChI is InChI=1S/C9H12N2O5/c12-4-6-5(13)3-8(16-6)11-2-1-7(14)10-9(11)15/h1-2,5-6,8,12-13H,3-4H2,(H,10,14,15)/t5-,6+,8+/m0/s1/i1D,2D. The van der Waals surface area contributed by atoms with Crippen molar-refractivity contribution in [2.75, 3.05) is 6.61 Å². The maximum Gasteiger partial charge on any atom is 0.330 e. The van der Waals surface area contributed by atoms with Crippen LogP contribution < -0.4 is 11.2 Å². The van der Waals surface area contributed by atoms with E-state index >= 15 is 0 Å². The Morgan fingerprint density at radius 2 is 2.44 bits per heavy atom. The number of nitrogens with one attached hydrogen (secondary N) is 1. The lowest BCUT2D eigenvalue weighted by Crippen LogP contribution is -2.31. The molecular formula is C9H12N2O5. The molecule has 0 aromatic carbocycles. The van der Waals surface area contributed by atoms with Gasteiger partial charge in [-0.25, -0.2) is 4.79 Å². The van der Waals surface area contributed by atoms with E-state index in [2.05, 4.69) is 0 Å². The van der Waals surface area contributed by atoms with Gasteiger partial charge in [-0.3, -0.25) is 14.3 Å². The Morgan fingerprint density at radius 3 is 3.06 bits per heavy atom. The summed E-state index contributed by atoms with van der Waals surface area (Å²) in [5.41, 5.74) is -1.82. The molecule has 1 fully saturated rings. The minimum Gasteiger partial charge on any atom is -0.394 e. The second kappa shape index (κ2) is 4.20. The van der Waals surface area contributed by atoms with Crippen LogP contribution in [0.2, 0.25) is 0 Å². The molecule has 7 heteroatoms. The fourth-order valence-electron chi connectivity index (χ4n) is 1.59. The zero-order chi connectivity index (χ0) is 13.4. The van der Waals surface area contributed by atoms with Gasteiger partial charge >= 0.3 is 5.69 Å². The Bertz CT molecular complexity index is 569. The van der Waals surface area contributed by atoms with Gasteiger partial charge in [0.15, 0.2) is 0 Å². The molecule has 0 unspecified atom stereocenters. The van der Waals surface area contributed by atoms with Crippen LogP contribution in [0.15, 0.2) is 21.8 Å². The average Bonchev–Trinajstić information content (AvgIpc) is 2.67. The molecule has 3 N–H and O–H groups in total. The first-order chi connectivity index (χ1) is 8.45. The number of hydrogen-bond donors (Lipinski definition) is 3. The van der Waals surface area contributed by atoms with E-state index < -0.39 is 48.5 Å². The van der Waals surface area contributed by atoms with Crippen LogP contribution in [0.5, 0.6) is 0 Å². The van der Waals surface area contributed by atoms with Gasteiger partial charge in [0.25, 0.3) is 5.56 Å². The van der Waals surface area contributed by atoms with Gasteiger partial charge in [0, 0.05) is 18.6 Å². The Hall–Kier alpha value is -1.44. The van der Waals surface area contributed by atoms with Crippen molar-refractivity contribution in [2.45, 2.75) is 24.9 Å². The molecule has 0 spiro atoms. The SMILES string of the molecule is [2H]c1c([2H])n([C@H]2C[C@H](O)[C@@H](CO)O2)c(=O)[nH]c1=O. The molecule has 16 heavy (non-hydrogen) atoms. The third-order valence-corrected chi connectivity index (χ3v) is 2.40. The molecular weight excluding hydrogens is 216 g/mol. The van der Waals surface area contributed by atoms with Crippen LogP contribution in [-0.2, 0) is 4.74 Å². The van der Waals surface area contributed by atoms with E-state index in [9.17, 15) is 14.7 Å². The Kier molecular flexibility index (Phi) is 2.28. The second-order valence-corrected chi connectivity index (χ2v) is 3.48. The molecule has 0 aliphatic carbocycles. The van der Waals surface area contributed by atoms with Crippen LogP contribution in [-0.4, -0.2) is 38.6 Å². The summed E-state index contributed by atoms with van der Waals surface area (Å²) in [4.78, 5) is 24.6. The van der Waals surface area contributed by atoms with Crippen molar-refractivity contribution < 1.29 is 17.7 Å². The smallest absolute Gasteiger partial charge is 0.330 e. The van der Waals surface area contributed by atoms with Crippen molar-refractivity contribution in [3.63, 3.8) is 0 Å². The lowest BCUT2D eigenvalue weighted by atomic mass is 10.2. The van der Waals surface area contributed by atoms with Gasteiger partial charge in [-0.05, 0) is 0 Å². The van der Waals surface area contributed by atoms with Gasteiger partial charge in [-0.2, -0.15) is 0 Å². The molecule has 1 aromatic heterocycles. The first-order valence-corrected chi connectivity index (χ1v) is 4.72. The number of aliphatic hydroxyl groups excluding tert-OH is 2. The summed E-state index contributed by atoms with van der Waals surface area (Å²) >= 11 is 0. The highest BCUT2D eigenvalue weighted by Gasteiger charge is 2.34. The van der Waals surface area contributed by atoms with Gasteiger partial charge in [-0.15, -0.1) is 0 Å². The van der Waals surface area contributed by atoms with Crippen molar-refractivity contribution in [2.24, 2.45) is 0 Å². The Balaban J connectivity index is 2.45. The monoisotopic (exact) mass is 230 g/mol. The summed E-state index contributed by atoms with van der Waals surface area (Å²) < 4.78 is 20.9. The first kappa shape index (κ1) is 8.68. The molecule has 7 nitrogen and oxygen atoms in total. The van der Waals surface area contributed by atoms with Crippen molar-refractivity contribution in [1.82, 2.24) is 9.55 Å². The van der Waals surface area contributed by atoms with Crippen LogP contribution in [0.3, 0.4) is 0 Å². The van der Waals surface area contributed by atoms with E-state index in [1.165, 1.54) is 0 Å². The highest BCUT2D eigenvalue weighted by Crippen LogP contribution is 2.26. The lowest BCUT2D eigenvalue weighted by molar-refractivity contribution is -0.0459. The van der Waals surface area contributed by atoms with E-state index in [4.69, 9.17) is 12.6 Å². The van der Waals surface area contributed by atoms with Crippen LogP contribution in [0.25, 0.3) is 0 Å². The summed E-state index contributed by atoms with van der Waals surface area (Å²) in [6, 6.07) is -0.653. The van der Waals surface area contributed by atoms with Crippen molar-refractivity contribution >= 4 is 0 Å². The highest BCUT2D eigenvalue weighted by molar-refractivity contribution is 4.88. The predicted molar refractivity (Wildman–Crippen MR) is 52.9 cm³/mol. The Labute approximate surface area is 92.7 Å². The van der Waals surface area contributed by atoms with Gasteiger partial charge in [0.2, 0.25) is 0 Å². The van der Waals surface area contributed by atoms with Crippen molar-refractivity contribution in [3.05, 3.63) is 33.1 Å². The molecule has 1 saturated heterocycles. The largest absolute Gasteiger partial charge is 0.394 e. The van der Waals surface area contributed by atoms with Gasteiger partial charge in [-0.1, -0.05) is 0 Å². The number of hydrogen-bond acceptors (Lipinski definition) is 5. The van der Waals surface area contributed by atoms with Crippen LogP contribution in [0.1, 0.15) is 15.4 Å². The molecule has 88 valence electrons. The summed E-state index contributed by atoms with van der Waals surface area (Å²) in [5, 5.41) is 18.5. The molecule has 0 amide bonds. The lowest BCUT2D eigenvalue weighted by Gasteiger charge is -2.13. The number of H-pyrrole nitrogens is 1. The number of aliphatic hydroxyl groups is 2.